The van der Waals surface area contributed by atoms with Crippen molar-refractivity contribution in [3.05, 3.63) is 54.3 Å². The Kier molecular flexibility index (Phi) is 6.39. The van der Waals surface area contributed by atoms with Crippen LogP contribution < -0.4 is 8.61 Å². The van der Waals surface area contributed by atoms with Crippen molar-refractivity contribution in [3.63, 3.8) is 0 Å². The Balaban J connectivity index is 0.00000243. The molecular weight excluding hydrogens is 377 g/mol. The van der Waals surface area contributed by atoms with Crippen LogP contribution in [0.4, 0.5) is 21.5 Å². The lowest BCUT2D eigenvalue weighted by molar-refractivity contribution is 0.463. The molecule has 2 aromatic carbocycles. The van der Waals surface area contributed by atoms with Crippen molar-refractivity contribution < 1.29 is 13.5 Å². The summed E-state index contributed by atoms with van der Waals surface area (Å²) in [6.45, 7) is 0.712. The van der Waals surface area contributed by atoms with Crippen LogP contribution >= 0.6 is 23.4 Å². The molecule has 3 rings (SSSR count). The second kappa shape index (κ2) is 8.16. The van der Waals surface area contributed by atoms with E-state index in [4.69, 9.17) is 0 Å². The molecule has 0 unspecified atom stereocenters. The predicted molar refractivity (Wildman–Crippen MR) is 109 cm³/mol. The molecule has 2 aromatic rings. The van der Waals surface area contributed by atoms with Gasteiger partial charge in [-0.05, 0) is 49.3 Å². The van der Waals surface area contributed by atoms with E-state index in [1.165, 1.54) is 20.7 Å². The quantitative estimate of drug-likeness (QED) is 0.754. The molecule has 1 aliphatic rings. The van der Waals surface area contributed by atoms with E-state index in [1.807, 2.05) is 19.0 Å². The summed E-state index contributed by atoms with van der Waals surface area (Å²) < 4.78 is 38.7. The van der Waals surface area contributed by atoms with Gasteiger partial charge in [0.1, 0.15) is 18.0 Å². The summed E-state index contributed by atoms with van der Waals surface area (Å²) in [5.41, 5.74) is 1.28. The van der Waals surface area contributed by atoms with E-state index >= 15 is 0 Å². The van der Waals surface area contributed by atoms with Gasteiger partial charge in [-0.1, -0.05) is 36.1 Å². The molecule has 26 heavy (non-hydrogen) atoms. The summed E-state index contributed by atoms with van der Waals surface area (Å²) >= 11 is 0. The molecule has 0 spiro atoms. The minimum absolute atomic E-state index is 0. The van der Waals surface area contributed by atoms with Crippen molar-refractivity contribution in [2.45, 2.75) is 0 Å². The Bertz CT molecular complexity index is 838. The number of benzene rings is 2. The van der Waals surface area contributed by atoms with Crippen molar-refractivity contribution >= 4 is 40.4 Å². The van der Waals surface area contributed by atoms with Crippen LogP contribution in [-0.2, 0) is 0 Å². The first kappa shape index (κ1) is 20.4. The van der Waals surface area contributed by atoms with Crippen LogP contribution in [0.2, 0.25) is 0 Å². The topological polar surface area (TPSA) is 50.2 Å². The van der Waals surface area contributed by atoms with Gasteiger partial charge in [0.2, 0.25) is 0 Å². The lowest BCUT2D eigenvalue weighted by Crippen LogP contribution is -2.31. The molecule has 0 saturated carbocycles. The summed E-state index contributed by atoms with van der Waals surface area (Å²) in [4.78, 5) is 1.93. The molecule has 0 bridgehead atoms. The smallest absolute Gasteiger partial charge is 0.148 e. The van der Waals surface area contributed by atoms with Crippen LogP contribution in [-0.4, -0.2) is 41.2 Å². The van der Waals surface area contributed by atoms with E-state index in [9.17, 15) is 13.5 Å². The molecule has 140 valence electrons. The van der Waals surface area contributed by atoms with Crippen molar-refractivity contribution in [1.82, 2.24) is 4.90 Å². The fourth-order valence-corrected chi connectivity index (χ4v) is 4.28. The highest BCUT2D eigenvalue weighted by Gasteiger charge is 2.42. The molecular formula is C18H21ClFN3O2S. The summed E-state index contributed by atoms with van der Waals surface area (Å²) in [6.07, 6.45) is 0. The fourth-order valence-electron chi connectivity index (χ4n) is 2.60. The molecule has 0 amide bonds. The van der Waals surface area contributed by atoms with Crippen molar-refractivity contribution in [2.75, 3.05) is 35.8 Å². The first-order valence-electron chi connectivity index (χ1n) is 7.73. The third kappa shape index (κ3) is 3.75. The highest BCUT2D eigenvalue weighted by molar-refractivity contribution is 8.27. The minimum Gasteiger partial charge on any atom is -0.299 e. The second-order valence-corrected chi connectivity index (χ2v) is 7.64. The maximum atomic E-state index is 14.3. The molecule has 5 nitrogen and oxygen atoms in total. The number of rotatable bonds is 3. The van der Waals surface area contributed by atoms with Crippen LogP contribution in [0.15, 0.2) is 48.5 Å². The Morgan fingerprint density at radius 2 is 1.54 bits per heavy atom. The summed E-state index contributed by atoms with van der Waals surface area (Å²) in [6, 6.07) is 13.2. The first-order chi connectivity index (χ1) is 11.9. The van der Waals surface area contributed by atoms with Gasteiger partial charge < -0.3 is 0 Å². The molecule has 1 aliphatic heterocycles. The molecule has 0 radical (unpaired) electrons. The van der Waals surface area contributed by atoms with E-state index in [0.717, 1.165) is 0 Å². The Labute approximate surface area is 161 Å². The summed E-state index contributed by atoms with van der Waals surface area (Å²) in [5, 5.41) is 0. The van der Waals surface area contributed by atoms with Gasteiger partial charge in [-0.15, -0.1) is 12.4 Å². The van der Waals surface area contributed by atoms with Crippen molar-refractivity contribution in [2.24, 2.45) is 0 Å². The van der Waals surface area contributed by atoms with E-state index in [2.05, 4.69) is 11.8 Å². The largest absolute Gasteiger partial charge is 0.299 e. The predicted octanol–water partition coefficient (Wildman–Crippen LogP) is 4.35. The number of anilines is 3. The number of hydrogen-bond donors (Lipinski definition) is 2. The molecule has 1 heterocycles. The lowest BCUT2D eigenvalue weighted by atomic mass is 10.2. The van der Waals surface area contributed by atoms with Gasteiger partial charge >= 0.3 is 0 Å². The maximum Gasteiger partial charge on any atom is 0.148 e. The number of hydrogen-bond acceptors (Lipinski definition) is 5. The number of fused-ring (bicyclic) bond motifs is 1. The zero-order valence-corrected chi connectivity index (χ0v) is 16.1. The molecule has 0 aromatic heterocycles. The van der Waals surface area contributed by atoms with E-state index in [1.54, 1.807) is 36.4 Å². The van der Waals surface area contributed by atoms with E-state index in [-0.39, 0.29) is 24.6 Å². The van der Waals surface area contributed by atoms with Gasteiger partial charge in [0.05, 0.1) is 17.9 Å². The number of nitrogens with zero attached hydrogens (tertiary/aromatic N) is 3. The van der Waals surface area contributed by atoms with E-state index < -0.39 is 16.8 Å². The van der Waals surface area contributed by atoms with Gasteiger partial charge in [0.15, 0.2) is 0 Å². The normalized spacial score (nSPS) is 15.8. The average molecular weight is 398 g/mol. The Hall–Kier alpha value is -1.95. The summed E-state index contributed by atoms with van der Waals surface area (Å²) in [5.74, 6) is 5.42. The van der Waals surface area contributed by atoms with Crippen LogP contribution in [0.5, 0.6) is 0 Å². The molecule has 0 atom stereocenters. The maximum absolute atomic E-state index is 14.3. The van der Waals surface area contributed by atoms with Gasteiger partial charge in [-0.25, -0.2) is 13.0 Å². The summed E-state index contributed by atoms with van der Waals surface area (Å²) in [7, 11) is 0.368. The molecule has 0 fully saturated rings. The van der Waals surface area contributed by atoms with Gasteiger partial charge in [-0.2, -0.15) is 0 Å². The van der Waals surface area contributed by atoms with Crippen molar-refractivity contribution in [1.29, 1.82) is 0 Å². The highest BCUT2D eigenvalue weighted by atomic mass is 35.5. The van der Waals surface area contributed by atoms with Gasteiger partial charge in [0.25, 0.3) is 0 Å². The van der Waals surface area contributed by atoms with Crippen LogP contribution in [0.25, 0.3) is 0 Å². The Morgan fingerprint density at radius 3 is 2.15 bits per heavy atom. The highest BCUT2D eigenvalue weighted by Crippen LogP contribution is 2.64. The third-order valence-corrected chi connectivity index (χ3v) is 5.52. The Morgan fingerprint density at radius 1 is 0.962 bits per heavy atom. The zero-order valence-electron chi connectivity index (χ0n) is 14.5. The number of halogens is 2. The third-order valence-electron chi connectivity index (χ3n) is 3.72. The van der Waals surface area contributed by atoms with E-state index in [0.29, 0.717) is 17.9 Å². The van der Waals surface area contributed by atoms with Crippen LogP contribution in [0.3, 0.4) is 0 Å². The minimum atomic E-state index is -3.45. The SMILES string of the molecule is CN(C)CC#CCN1c2ccccc2N(c2ccccc2F)S1(O)O.Cl. The van der Waals surface area contributed by atoms with Gasteiger partial charge in [-0.3, -0.25) is 14.0 Å². The molecule has 2 N–H and O–H groups in total. The standard InChI is InChI=1S/C18H20FN3O2S.ClH/c1-20(2)13-7-8-14-21-17-11-5-6-12-18(17)22(25(21,23)24)16-10-4-3-9-15(16)19;/h3-6,9-12,23-24H,13-14H2,1-2H3;1H. The molecule has 8 heteroatoms. The number of para-hydroxylation sites is 3. The van der Waals surface area contributed by atoms with Crippen LogP contribution in [0, 0.1) is 17.7 Å². The average Bonchev–Trinajstić information content (AvgIpc) is 2.79. The monoisotopic (exact) mass is 397 g/mol. The van der Waals surface area contributed by atoms with Gasteiger partial charge in [0, 0.05) is 0 Å². The zero-order chi connectivity index (χ0) is 18.0. The lowest BCUT2D eigenvalue weighted by Gasteiger charge is -2.43. The van der Waals surface area contributed by atoms with Crippen molar-refractivity contribution in [3.8, 4) is 11.8 Å². The molecule has 0 aliphatic carbocycles. The first-order valence-corrected chi connectivity index (χ1v) is 9.19. The fraction of sp³-hybridized carbons (Fsp3) is 0.222. The van der Waals surface area contributed by atoms with Crippen LogP contribution in [0.1, 0.15) is 0 Å². The molecule has 0 saturated heterocycles. The second-order valence-electron chi connectivity index (χ2n) is 5.85.